The lowest BCUT2D eigenvalue weighted by molar-refractivity contribution is -0.155. The third-order valence-corrected chi connectivity index (χ3v) is 8.79. The van der Waals surface area contributed by atoms with E-state index in [-0.39, 0.29) is 47.5 Å². The van der Waals surface area contributed by atoms with Crippen molar-refractivity contribution < 1.29 is 28.7 Å². The van der Waals surface area contributed by atoms with Crippen LogP contribution in [-0.2, 0) is 28.7 Å². The summed E-state index contributed by atoms with van der Waals surface area (Å²) in [5, 5.41) is 0. The third kappa shape index (κ3) is 1.75. The summed E-state index contributed by atoms with van der Waals surface area (Å²) in [7, 11) is 0. The zero-order chi connectivity index (χ0) is 18.9. The summed E-state index contributed by atoms with van der Waals surface area (Å²) < 4.78 is 9.48. The molecule has 4 bridgehead atoms. The predicted octanol–water partition coefficient (Wildman–Crippen LogP) is 1.51. The predicted molar refractivity (Wildman–Crippen MR) is 91.6 cm³/mol. The Labute approximate surface area is 161 Å². The Morgan fingerprint density at radius 3 is 1.00 bits per heavy atom. The number of allylic oxidation sites excluding steroid dienone is 4. The Balaban J connectivity index is 0.000000103. The van der Waals surface area contributed by atoms with Crippen LogP contribution >= 0.6 is 0 Å². The molecule has 9 unspecified atom stereocenters. The number of hydrogen-bond donors (Lipinski definition) is 0. The summed E-state index contributed by atoms with van der Waals surface area (Å²) in [5.41, 5.74) is 0. The molecule has 10 rings (SSSR count). The molecule has 4 saturated carbocycles. The fourth-order valence-electron chi connectivity index (χ4n) is 7.51. The summed E-state index contributed by atoms with van der Waals surface area (Å²) in [4.78, 5) is 46.0. The molecule has 0 spiro atoms. The van der Waals surface area contributed by atoms with Crippen LogP contribution in [0.5, 0.6) is 0 Å². The van der Waals surface area contributed by atoms with Gasteiger partial charge in [0.2, 0.25) is 0 Å². The quantitative estimate of drug-likeness (QED) is 0.360. The zero-order valence-electron chi connectivity index (χ0n) is 15.1. The molecule has 0 N–H and O–H groups in total. The Hall–Kier alpha value is -2.24. The van der Waals surface area contributed by atoms with Gasteiger partial charge in [-0.15, -0.1) is 0 Å². The minimum atomic E-state index is -0.273. The van der Waals surface area contributed by atoms with E-state index in [0.29, 0.717) is 47.3 Å². The average Bonchev–Trinajstić information content (AvgIpc) is 3.59. The molecule has 8 aliphatic carbocycles. The standard InChI is InChI=1S/2C11H10O3/c2*12-10-8-4-1-2-5(7-3-6(4)7)9(8)11(13)14-10/h2*1-2,4-9H,3H2/t4?,5?,6?,7?,8-,9?;4?,5?,6?,7?,8-,9+/m0./s1. The Kier molecular flexibility index (Phi) is 2.70. The van der Waals surface area contributed by atoms with Crippen molar-refractivity contribution in [2.45, 2.75) is 12.8 Å². The van der Waals surface area contributed by atoms with Crippen LogP contribution in [0.25, 0.3) is 0 Å². The first-order valence-electron chi connectivity index (χ1n) is 10.4. The van der Waals surface area contributed by atoms with E-state index in [0.717, 1.165) is 0 Å². The second kappa shape index (κ2) is 4.84. The van der Waals surface area contributed by atoms with Gasteiger partial charge in [0.1, 0.15) is 0 Å². The second-order valence-corrected chi connectivity index (χ2v) is 9.79. The topological polar surface area (TPSA) is 86.7 Å². The van der Waals surface area contributed by atoms with Gasteiger partial charge >= 0.3 is 23.9 Å². The molecule has 0 aromatic rings. The van der Waals surface area contributed by atoms with Crippen molar-refractivity contribution in [2.24, 2.45) is 71.0 Å². The van der Waals surface area contributed by atoms with Crippen LogP contribution in [-0.4, -0.2) is 23.9 Å². The summed E-state index contributed by atoms with van der Waals surface area (Å²) in [6, 6.07) is 0. The Morgan fingerprint density at radius 1 is 0.500 bits per heavy atom. The van der Waals surface area contributed by atoms with E-state index in [9.17, 15) is 19.2 Å². The van der Waals surface area contributed by atoms with Crippen molar-refractivity contribution in [3.63, 3.8) is 0 Å². The van der Waals surface area contributed by atoms with Crippen molar-refractivity contribution in [1.29, 1.82) is 0 Å². The molecule has 28 heavy (non-hydrogen) atoms. The van der Waals surface area contributed by atoms with Crippen LogP contribution in [0.4, 0.5) is 0 Å². The monoisotopic (exact) mass is 380 g/mol. The van der Waals surface area contributed by atoms with E-state index in [2.05, 4.69) is 24.3 Å². The maximum absolute atomic E-state index is 11.5. The molecule has 2 saturated heterocycles. The van der Waals surface area contributed by atoms with Crippen LogP contribution in [0.3, 0.4) is 0 Å². The molecule has 0 aromatic carbocycles. The van der Waals surface area contributed by atoms with E-state index in [1.54, 1.807) is 0 Å². The van der Waals surface area contributed by atoms with Crippen molar-refractivity contribution >= 4 is 23.9 Å². The molecular weight excluding hydrogens is 360 g/mol. The fraction of sp³-hybridized carbons (Fsp3) is 0.636. The lowest BCUT2D eigenvalue weighted by atomic mass is 9.63. The highest BCUT2D eigenvalue weighted by molar-refractivity contribution is 5.98. The highest BCUT2D eigenvalue weighted by Crippen LogP contribution is 2.66. The largest absolute Gasteiger partial charge is 0.393 e. The first-order valence-corrected chi connectivity index (χ1v) is 10.4. The smallest absolute Gasteiger partial charge is 0.318 e. The van der Waals surface area contributed by atoms with Crippen LogP contribution in [0.15, 0.2) is 24.3 Å². The van der Waals surface area contributed by atoms with Crippen molar-refractivity contribution in [3.8, 4) is 0 Å². The second-order valence-electron chi connectivity index (χ2n) is 9.79. The first kappa shape index (κ1) is 15.7. The van der Waals surface area contributed by atoms with Crippen molar-refractivity contribution in [1.82, 2.24) is 0 Å². The van der Waals surface area contributed by atoms with Gasteiger partial charge in [-0.25, -0.2) is 0 Å². The van der Waals surface area contributed by atoms with Gasteiger partial charge < -0.3 is 9.47 Å². The van der Waals surface area contributed by atoms with E-state index < -0.39 is 0 Å². The third-order valence-electron chi connectivity index (χ3n) is 8.79. The number of carbonyl (C=O) groups is 4. The van der Waals surface area contributed by atoms with E-state index in [1.807, 2.05) is 0 Å². The molecule has 6 fully saturated rings. The molecular formula is C22H20O6. The van der Waals surface area contributed by atoms with Crippen LogP contribution in [0.2, 0.25) is 0 Å². The summed E-state index contributed by atoms with van der Waals surface area (Å²) in [5.74, 6) is 2.24. The molecule has 6 heteroatoms. The molecule has 2 aliphatic heterocycles. The molecule has 10 aliphatic rings. The van der Waals surface area contributed by atoms with Gasteiger partial charge in [-0.05, 0) is 60.2 Å². The van der Waals surface area contributed by atoms with Gasteiger partial charge in [0, 0.05) is 0 Å². The molecule has 144 valence electrons. The van der Waals surface area contributed by atoms with Crippen LogP contribution in [0.1, 0.15) is 12.8 Å². The minimum Gasteiger partial charge on any atom is -0.393 e. The van der Waals surface area contributed by atoms with E-state index >= 15 is 0 Å². The van der Waals surface area contributed by atoms with Gasteiger partial charge in [-0.1, -0.05) is 24.3 Å². The Morgan fingerprint density at radius 2 is 0.750 bits per heavy atom. The van der Waals surface area contributed by atoms with Gasteiger partial charge in [0.25, 0.3) is 0 Å². The van der Waals surface area contributed by atoms with Gasteiger partial charge in [0.15, 0.2) is 0 Å². The van der Waals surface area contributed by atoms with Crippen molar-refractivity contribution in [2.75, 3.05) is 0 Å². The van der Waals surface area contributed by atoms with Crippen molar-refractivity contribution in [3.05, 3.63) is 24.3 Å². The normalized spacial score (nSPS) is 56.9. The fourth-order valence-corrected chi connectivity index (χ4v) is 7.51. The SMILES string of the molecule is O=C1OC(=O)[C@H]2C3C=CC(C4CC43)C12.O=C1OC(=O)[C@H]2C3C=CC(C4CC43)[C@@H]12. The van der Waals surface area contributed by atoms with Gasteiger partial charge in [-0.3, -0.25) is 19.2 Å². The van der Waals surface area contributed by atoms with Crippen LogP contribution < -0.4 is 0 Å². The van der Waals surface area contributed by atoms with E-state index in [1.165, 1.54) is 12.8 Å². The van der Waals surface area contributed by atoms with E-state index in [4.69, 9.17) is 9.47 Å². The first-order chi connectivity index (χ1) is 13.5. The highest BCUT2D eigenvalue weighted by Gasteiger charge is 2.67. The number of ether oxygens (including phenoxy) is 2. The van der Waals surface area contributed by atoms with Gasteiger partial charge in [-0.2, -0.15) is 0 Å². The lowest BCUT2D eigenvalue weighted by Crippen LogP contribution is -2.40. The average molecular weight is 380 g/mol. The summed E-state index contributed by atoms with van der Waals surface area (Å²) in [6.45, 7) is 0. The molecule has 0 radical (unpaired) electrons. The number of rotatable bonds is 0. The maximum Gasteiger partial charge on any atom is 0.318 e. The molecule has 2 heterocycles. The maximum atomic E-state index is 11.5. The van der Waals surface area contributed by atoms with Gasteiger partial charge in [0.05, 0.1) is 23.7 Å². The summed E-state index contributed by atoms with van der Waals surface area (Å²) in [6.07, 6.45) is 11.0. The zero-order valence-corrected chi connectivity index (χ0v) is 15.1. The lowest BCUT2D eigenvalue weighted by Gasteiger charge is -2.36. The van der Waals surface area contributed by atoms with Crippen LogP contribution in [0, 0.1) is 71.0 Å². The minimum absolute atomic E-state index is 0.138. The number of hydrogen-bond acceptors (Lipinski definition) is 6. The molecule has 0 amide bonds. The number of esters is 4. The number of cyclic esters (lactones) is 4. The highest BCUT2D eigenvalue weighted by atomic mass is 16.6. The molecule has 12 atom stereocenters. The Bertz CT molecular complexity index is 774. The number of carbonyl (C=O) groups excluding carboxylic acids is 4. The molecule has 6 nitrogen and oxygen atoms in total. The molecule has 0 aromatic heterocycles. The summed E-state index contributed by atoms with van der Waals surface area (Å²) >= 11 is 0.